The Hall–Kier alpha value is -2.88. The van der Waals surface area contributed by atoms with E-state index in [9.17, 15) is 4.79 Å². The van der Waals surface area contributed by atoms with Crippen LogP contribution in [0.15, 0.2) is 54.6 Å². The first-order valence-electron chi connectivity index (χ1n) is 7.50. The van der Waals surface area contributed by atoms with Gasteiger partial charge in [0.05, 0.1) is 12.1 Å². The largest absolute Gasteiger partial charge is 0.462 e. The van der Waals surface area contributed by atoms with Gasteiger partial charge >= 0.3 is 5.97 Å². The fourth-order valence-electron chi connectivity index (χ4n) is 2.47. The molecule has 4 nitrogen and oxygen atoms in total. The normalized spacial score (nSPS) is 10.5. The molecule has 0 fully saturated rings. The second kappa shape index (κ2) is 6.48. The lowest BCUT2D eigenvalue weighted by molar-refractivity contribution is 0.0522. The number of hydrogen-bond donors (Lipinski definition) is 0. The van der Waals surface area contributed by atoms with Crippen LogP contribution in [-0.4, -0.2) is 17.6 Å². The molecule has 0 atom stereocenters. The van der Waals surface area contributed by atoms with Crippen molar-refractivity contribution in [2.24, 2.45) is 0 Å². The molecule has 1 heterocycles. The number of ether oxygens (including phenoxy) is 2. The molecular weight excluding hydrogens is 290 g/mol. The molecule has 0 spiro atoms. The Morgan fingerprint density at radius 1 is 1.04 bits per heavy atom. The fraction of sp³-hybridized carbons (Fsp3) is 0.158. The first-order chi connectivity index (χ1) is 11.2. The molecule has 1 aromatic heterocycles. The maximum atomic E-state index is 12.4. The van der Waals surface area contributed by atoms with Gasteiger partial charge in [-0.25, -0.2) is 9.78 Å². The van der Waals surface area contributed by atoms with Crippen molar-refractivity contribution in [1.29, 1.82) is 0 Å². The Kier molecular flexibility index (Phi) is 4.24. The number of carbonyl (C=O) groups excluding carboxylic acids is 1. The van der Waals surface area contributed by atoms with Crippen molar-refractivity contribution in [2.45, 2.75) is 13.8 Å². The lowest BCUT2D eigenvalue weighted by atomic mass is 10.0. The molecule has 0 amide bonds. The van der Waals surface area contributed by atoms with Crippen LogP contribution in [0, 0.1) is 6.92 Å². The predicted octanol–water partition coefficient (Wildman–Crippen LogP) is 4.51. The zero-order chi connectivity index (χ0) is 16.2. The Labute approximate surface area is 134 Å². The minimum atomic E-state index is -0.422. The number of benzene rings is 2. The van der Waals surface area contributed by atoms with Crippen LogP contribution in [0.25, 0.3) is 10.9 Å². The third-order valence-corrected chi connectivity index (χ3v) is 3.56. The van der Waals surface area contributed by atoms with Gasteiger partial charge in [-0.05, 0) is 37.6 Å². The van der Waals surface area contributed by atoms with Gasteiger partial charge < -0.3 is 9.47 Å². The first kappa shape index (κ1) is 15.0. The first-order valence-corrected chi connectivity index (χ1v) is 7.50. The maximum Gasteiger partial charge on any atom is 0.343 e. The summed E-state index contributed by atoms with van der Waals surface area (Å²) in [5.74, 6) is 0.472. The van der Waals surface area contributed by atoms with Crippen molar-refractivity contribution in [2.75, 3.05) is 6.61 Å². The van der Waals surface area contributed by atoms with Crippen LogP contribution in [0.1, 0.15) is 22.8 Å². The lowest BCUT2D eigenvalue weighted by Gasteiger charge is -2.14. The average molecular weight is 307 g/mol. The summed E-state index contributed by atoms with van der Waals surface area (Å²) in [6.07, 6.45) is 0. The summed E-state index contributed by atoms with van der Waals surface area (Å²) in [6.45, 7) is 3.96. The van der Waals surface area contributed by atoms with E-state index in [1.807, 2.05) is 61.5 Å². The van der Waals surface area contributed by atoms with E-state index in [1.54, 1.807) is 6.92 Å². The lowest BCUT2D eigenvalue weighted by Crippen LogP contribution is -2.10. The van der Waals surface area contributed by atoms with E-state index in [0.717, 1.165) is 16.5 Å². The Morgan fingerprint density at radius 3 is 2.48 bits per heavy atom. The molecule has 0 radical (unpaired) electrons. The van der Waals surface area contributed by atoms with Gasteiger partial charge in [0.15, 0.2) is 0 Å². The van der Waals surface area contributed by atoms with Crippen LogP contribution in [0.4, 0.5) is 0 Å². The molecule has 0 saturated carbocycles. The van der Waals surface area contributed by atoms with Crippen LogP contribution in [0.2, 0.25) is 0 Å². The number of rotatable bonds is 4. The SMILES string of the molecule is CCOC(=O)c1c(Oc2ccccc2)nc2ccccc2c1C. The predicted molar refractivity (Wildman–Crippen MR) is 89.0 cm³/mol. The van der Waals surface area contributed by atoms with Gasteiger partial charge in [0.1, 0.15) is 11.3 Å². The fourth-order valence-corrected chi connectivity index (χ4v) is 2.47. The Balaban J connectivity index is 2.17. The summed E-state index contributed by atoms with van der Waals surface area (Å²) >= 11 is 0. The minimum Gasteiger partial charge on any atom is -0.462 e. The average Bonchev–Trinajstić information content (AvgIpc) is 2.56. The van der Waals surface area contributed by atoms with Crippen LogP contribution in [0.5, 0.6) is 11.6 Å². The monoisotopic (exact) mass is 307 g/mol. The zero-order valence-electron chi connectivity index (χ0n) is 13.1. The molecule has 0 N–H and O–H groups in total. The smallest absolute Gasteiger partial charge is 0.343 e. The third kappa shape index (κ3) is 3.01. The number of hydrogen-bond acceptors (Lipinski definition) is 4. The van der Waals surface area contributed by atoms with E-state index in [0.29, 0.717) is 17.9 Å². The van der Waals surface area contributed by atoms with Gasteiger partial charge in [-0.2, -0.15) is 0 Å². The number of carbonyl (C=O) groups is 1. The van der Waals surface area contributed by atoms with Gasteiger partial charge in [-0.15, -0.1) is 0 Å². The summed E-state index contributed by atoms with van der Waals surface area (Å²) in [5.41, 5.74) is 1.96. The van der Waals surface area contributed by atoms with Gasteiger partial charge in [0.25, 0.3) is 0 Å². The van der Waals surface area contributed by atoms with Gasteiger partial charge in [-0.3, -0.25) is 0 Å². The number of aryl methyl sites for hydroxylation is 1. The van der Waals surface area contributed by atoms with E-state index < -0.39 is 5.97 Å². The summed E-state index contributed by atoms with van der Waals surface area (Å²) in [6, 6.07) is 16.9. The summed E-state index contributed by atoms with van der Waals surface area (Å²) in [4.78, 5) is 16.9. The molecule has 0 aliphatic heterocycles. The van der Waals surface area contributed by atoms with Gasteiger partial charge in [-0.1, -0.05) is 36.4 Å². The number of nitrogens with zero attached hydrogens (tertiary/aromatic N) is 1. The van der Waals surface area contributed by atoms with Crippen molar-refractivity contribution >= 4 is 16.9 Å². The summed E-state index contributed by atoms with van der Waals surface area (Å²) in [7, 11) is 0. The van der Waals surface area contributed by atoms with Crippen molar-refractivity contribution in [3.63, 3.8) is 0 Å². The molecule has 3 aromatic rings. The molecule has 0 unspecified atom stereocenters. The highest BCUT2D eigenvalue weighted by molar-refractivity contribution is 5.99. The van der Waals surface area contributed by atoms with Gasteiger partial charge in [0.2, 0.25) is 5.88 Å². The highest BCUT2D eigenvalue weighted by atomic mass is 16.5. The molecule has 3 rings (SSSR count). The second-order valence-electron chi connectivity index (χ2n) is 5.07. The number of para-hydroxylation sites is 2. The second-order valence-corrected chi connectivity index (χ2v) is 5.07. The molecule has 23 heavy (non-hydrogen) atoms. The van der Waals surface area contributed by atoms with Crippen molar-refractivity contribution in [3.8, 4) is 11.6 Å². The van der Waals surface area contributed by atoms with Crippen LogP contribution < -0.4 is 4.74 Å². The molecule has 0 aliphatic carbocycles. The highest BCUT2D eigenvalue weighted by Gasteiger charge is 2.21. The summed E-state index contributed by atoms with van der Waals surface area (Å²) < 4.78 is 11.0. The molecule has 116 valence electrons. The molecule has 0 aliphatic rings. The van der Waals surface area contributed by atoms with Crippen LogP contribution in [0.3, 0.4) is 0 Å². The summed E-state index contributed by atoms with van der Waals surface area (Å²) in [5, 5.41) is 0.913. The minimum absolute atomic E-state index is 0.269. The maximum absolute atomic E-state index is 12.4. The van der Waals surface area contributed by atoms with E-state index in [-0.39, 0.29) is 5.88 Å². The Morgan fingerprint density at radius 2 is 1.74 bits per heavy atom. The van der Waals surface area contributed by atoms with Gasteiger partial charge in [0, 0.05) is 5.39 Å². The van der Waals surface area contributed by atoms with Crippen LogP contribution in [-0.2, 0) is 4.74 Å². The third-order valence-electron chi connectivity index (χ3n) is 3.56. The van der Waals surface area contributed by atoms with E-state index >= 15 is 0 Å². The van der Waals surface area contributed by atoms with E-state index in [1.165, 1.54) is 0 Å². The number of fused-ring (bicyclic) bond motifs is 1. The topological polar surface area (TPSA) is 48.4 Å². The van der Waals surface area contributed by atoms with Crippen LogP contribution >= 0.6 is 0 Å². The van der Waals surface area contributed by atoms with Crippen molar-refractivity contribution in [1.82, 2.24) is 4.98 Å². The van der Waals surface area contributed by atoms with Crippen molar-refractivity contribution < 1.29 is 14.3 Å². The zero-order valence-corrected chi connectivity index (χ0v) is 13.1. The van der Waals surface area contributed by atoms with Crippen molar-refractivity contribution in [3.05, 3.63) is 65.7 Å². The molecular formula is C19H17NO3. The molecule has 0 bridgehead atoms. The Bertz CT molecular complexity index is 844. The quantitative estimate of drug-likeness (QED) is 0.665. The van der Waals surface area contributed by atoms with E-state index in [2.05, 4.69) is 4.98 Å². The molecule has 4 heteroatoms. The highest BCUT2D eigenvalue weighted by Crippen LogP contribution is 2.31. The number of esters is 1. The molecule has 0 saturated heterocycles. The number of pyridine rings is 1. The molecule has 2 aromatic carbocycles. The standard InChI is InChI=1S/C19H17NO3/c1-3-22-19(21)17-13(2)15-11-7-8-12-16(15)20-18(17)23-14-9-5-4-6-10-14/h4-12H,3H2,1-2H3. The van der Waals surface area contributed by atoms with E-state index in [4.69, 9.17) is 9.47 Å². The number of aromatic nitrogens is 1.